The summed E-state index contributed by atoms with van der Waals surface area (Å²) in [4.78, 5) is 6.72. The van der Waals surface area contributed by atoms with Crippen molar-refractivity contribution in [2.75, 3.05) is 61.9 Å². The Morgan fingerprint density at radius 3 is 1.29 bits per heavy atom. The molecule has 0 fully saturated rings. The monoisotopic (exact) mass is 391 g/mol. The highest BCUT2D eigenvalue weighted by atomic mass is 16.3. The maximum Gasteiger partial charge on any atom is 0.121 e. The minimum atomic E-state index is 0.562. The third-order valence-corrected chi connectivity index (χ3v) is 5.25. The van der Waals surface area contributed by atoms with E-state index in [-0.39, 0.29) is 0 Å². The Balaban J connectivity index is 2.73. The largest absolute Gasteiger partial charge is 0.507 e. The van der Waals surface area contributed by atoms with Crippen LogP contribution in [0.15, 0.2) is 12.1 Å². The summed E-state index contributed by atoms with van der Waals surface area (Å²) in [6, 6.07) is 4.54. The van der Waals surface area contributed by atoms with Gasteiger partial charge in [-0.25, -0.2) is 0 Å². The Bertz CT molecular complexity index is 504. The third kappa shape index (κ3) is 11.0. The van der Waals surface area contributed by atoms with E-state index in [1.165, 1.54) is 31.2 Å². The second-order valence-electron chi connectivity index (χ2n) is 9.04. The molecule has 0 bridgehead atoms. The first-order chi connectivity index (χ1) is 13.3. The van der Waals surface area contributed by atoms with Crippen LogP contribution >= 0.6 is 0 Å². The van der Waals surface area contributed by atoms with Crippen LogP contribution in [0.5, 0.6) is 5.75 Å². The SMILES string of the molecule is CN(C)CCCCc1cc(CCCCN(C)C)c(O)c(CCCCN(C)C)c1. The molecule has 0 atom stereocenters. The van der Waals surface area contributed by atoms with Crippen LogP contribution in [-0.2, 0) is 19.3 Å². The van der Waals surface area contributed by atoms with Gasteiger partial charge < -0.3 is 19.8 Å². The number of rotatable bonds is 15. The fraction of sp³-hybridized carbons (Fsp3) is 0.750. The zero-order valence-corrected chi connectivity index (χ0v) is 19.4. The van der Waals surface area contributed by atoms with Crippen LogP contribution < -0.4 is 0 Å². The van der Waals surface area contributed by atoms with Gasteiger partial charge in [-0.3, -0.25) is 0 Å². The predicted octanol–water partition coefficient (Wildman–Crippen LogP) is 4.05. The first-order valence-corrected chi connectivity index (χ1v) is 11.1. The zero-order chi connectivity index (χ0) is 20.9. The molecule has 1 rings (SSSR count). The van der Waals surface area contributed by atoms with Crippen LogP contribution in [0.3, 0.4) is 0 Å². The fourth-order valence-electron chi connectivity index (χ4n) is 3.60. The van der Waals surface area contributed by atoms with Crippen molar-refractivity contribution >= 4 is 0 Å². The lowest BCUT2D eigenvalue weighted by atomic mass is 9.94. The Labute approximate surface area is 174 Å². The summed E-state index contributed by atoms with van der Waals surface area (Å²) in [5, 5.41) is 10.8. The number of phenolic OH excluding ortho intramolecular Hbond substituents is 1. The molecule has 0 radical (unpaired) electrons. The van der Waals surface area contributed by atoms with Gasteiger partial charge in [0.15, 0.2) is 0 Å². The van der Waals surface area contributed by atoms with Gasteiger partial charge in [-0.05, 0) is 136 Å². The van der Waals surface area contributed by atoms with Gasteiger partial charge >= 0.3 is 0 Å². The maximum absolute atomic E-state index is 10.8. The number of hydrogen-bond acceptors (Lipinski definition) is 4. The van der Waals surface area contributed by atoms with Gasteiger partial charge in [0.05, 0.1) is 0 Å². The summed E-state index contributed by atoms with van der Waals surface area (Å²) in [6.45, 7) is 3.37. The summed E-state index contributed by atoms with van der Waals surface area (Å²) in [7, 11) is 12.8. The highest BCUT2D eigenvalue weighted by Crippen LogP contribution is 2.28. The van der Waals surface area contributed by atoms with Crippen molar-refractivity contribution in [3.05, 3.63) is 28.8 Å². The first kappa shape index (κ1) is 24.9. The molecule has 0 aliphatic heterocycles. The molecule has 0 spiro atoms. The van der Waals surface area contributed by atoms with E-state index in [4.69, 9.17) is 0 Å². The molecule has 1 N–H and O–H groups in total. The van der Waals surface area contributed by atoms with Gasteiger partial charge in [-0.2, -0.15) is 0 Å². The normalized spacial score (nSPS) is 11.9. The van der Waals surface area contributed by atoms with E-state index in [1.54, 1.807) is 0 Å². The molecule has 0 aliphatic carbocycles. The minimum Gasteiger partial charge on any atom is -0.507 e. The number of aromatic hydroxyl groups is 1. The lowest BCUT2D eigenvalue weighted by Gasteiger charge is -2.15. The van der Waals surface area contributed by atoms with E-state index >= 15 is 0 Å². The Kier molecular flexibility index (Phi) is 12.4. The molecule has 1 aromatic carbocycles. The van der Waals surface area contributed by atoms with Gasteiger partial charge in [0, 0.05) is 0 Å². The standard InChI is InChI=1S/C24H45N3O/c1-25(2)16-10-7-13-21-19-22(14-8-11-17-26(3)4)24(28)23(20-21)15-9-12-18-27(5)6/h19-20,28H,7-18H2,1-6H3. The summed E-state index contributed by atoms with van der Waals surface area (Å²) < 4.78 is 0. The Morgan fingerprint density at radius 1 is 0.571 bits per heavy atom. The average Bonchev–Trinajstić information content (AvgIpc) is 2.61. The molecule has 0 amide bonds. The van der Waals surface area contributed by atoms with Crippen molar-refractivity contribution in [2.45, 2.75) is 57.8 Å². The maximum atomic E-state index is 10.8. The predicted molar refractivity (Wildman–Crippen MR) is 123 cm³/mol. The van der Waals surface area contributed by atoms with Crippen LogP contribution in [0.2, 0.25) is 0 Å². The van der Waals surface area contributed by atoms with Crippen molar-refractivity contribution in [2.24, 2.45) is 0 Å². The van der Waals surface area contributed by atoms with Crippen molar-refractivity contribution in [3.63, 3.8) is 0 Å². The molecule has 4 heteroatoms. The van der Waals surface area contributed by atoms with E-state index in [2.05, 4.69) is 69.1 Å². The molecular formula is C24H45N3O. The fourth-order valence-corrected chi connectivity index (χ4v) is 3.60. The summed E-state index contributed by atoms with van der Waals surface area (Å²) in [5.41, 5.74) is 3.72. The van der Waals surface area contributed by atoms with Crippen molar-refractivity contribution in [1.82, 2.24) is 14.7 Å². The van der Waals surface area contributed by atoms with Gasteiger partial charge in [0.1, 0.15) is 5.75 Å². The molecule has 162 valence electrons. The smallest absolute Gasteiger partial charge is 0.121 e. The van der Waals surface area contributed by atoms with E-state index in [0.29, 0.717) is 5.75 Å². The van der Waals surface area contributed by atoms with Gasteiger partial charge in [0.25, 0.3) is 0 Å². The lowest BCUT2D eigenvalue weighted by Crippen LogP contribution is -2.13. The van der Waals surface area contributed by atoms with Crippen LogP contribution in [0, 0.1) is 0 Å². The topological polar surface area (TPSA) is 30.0 Å². The van der Waals surface area contributed by atoms with Crippen molar-refractivity contribution < 1.29 is 5.11 Å². The second-order valence-corrected chi connectivity index (χ2v) is 9.04. The quantitative estimate of drug-likeness (QED) is 0.457. The molecular weight excluding hydrogens is 346 g/mol. The van der Waals surface area contributed by atoms with Gasteiger partial charge in [-0.15, -0.1) is 0 Å². The number of nitrogens with zero attached hydrogens (tertiary/aromatic N) is 3. The number of benzene rings is 1. The zero-order valence-electron chi connectivity index (χ0n) is 19.4. The number of unbranched alkanes of at least 4 members (excludes halogenated alkanes) is 3. The van der Waals surface area contributed by atoms with Crippen LogP contribution in [-0.4, -0.2) is 81.7 Å². The van der Waals surface area contributed by atoms with Gasteiger partial charge in [0.2, 0.25) is 0 Å². The minimum absolute atomic E-state index is 0.562. The highest BCUT2D eigenvalue weighted by Gasteiger charge is 2.11. The van der Waals surface area contributed by atoms with E-state index in [9.17, 15) is 5.11 Å². The number of aryl methyl sites for hydroxylation is 3. The molecule has 0 unspecified atom stereocenters. The molecule has 0 saturated heterocycles. The van der Waals surface area contributed by atoms with Crippen molar-refractivity contribution in [3.8, 4) is 5.75 Å². The van der Waals surface area contributed by atoms with Crippen molar-refractivity contribution in [1.29, 1.82) is 0 Å². The molecule has 4 nitrogen and oxygen atoms in total. The van der Waals surface area contributed by atoms with Gasteiger partial charge in [-0.1, -0.05) is 12.1 Å². The van der Waals surface area contributed by atoms with Crippen LogP contribution in [0.25, 0.3) is 0 Å². The summed E-state index contributed by atoms with van der Waals surface area (Å²) >= 11 is 0. The van der Waals surface area contributed by atoms with E-state index in [1.807, 2.05) is 0 Å². The van der Waals surface area contributed by atoms with Crippen LogP contribution in [0.4, 0.5) is 0 Å². The molecule has 28 heavy (non-hydrogen) atoms. The average molecular weight is 392 g/mol. The Hall–Kier alpha value is -1.10. The van der Waals surface area contributed by atoms with Crippen LogP contribution in [0.1, 0.15) is 55.2 Å². The summed E-state index contributed by atoms with van der Waals surface area (Å²) in [5.74, 6) is 0.562. The summed E-state index contributed by atoms with van der Waals surface area (Å²) in [6.07, 6.45) is 10.1. The lowest BCUT2D eigenvalue weighted by molar-refractivity contribution is 0.391. The number of hydrogen-bond donors (Lipinski definition) is 1. The molecule has 0 heterocycles. The Morgan fingerprint density at radius 2 is 0.929 bits per heavy atom. The second kappa shape index (κ2) is 14.0. The molecule has 0 aromatic heterocycles. The van der Waals surface area contributed by atoms with E-state index in [0.717, 1.165) is 62.9 Å². The first-order valence-electron chi connectivity index (χ1n) is 11.1. The van der Waals surface area contributed by atoms with E-state index < -0.39 is 0 Å². The number of phenols is 1. The molecule has 1 aromatic rings. The highest BCUT2D eigenvalue weighted by molar-refractivity contribution is 5.44. The molecule has 0 saturated carbocycles. The molecule has 0 aliphatic rings. The third-order valence-electron chi connectivity index (χ3n) is 5.25.